The minimum atomic E-state index is -0.877. The minimum Gasteiger partial charge on any atom is -0.481 e. The Morgan fingerprint density at radius 3 is 2.48 bits per heavy atom. The molecule has 25 heavy (non-hydrogen) atoms. The van der Waals surface area contributed by atoms with Gasteiger partial charge in [0.25, 0.3) is 11.8 Å². The predicted octanol–water partition coefficient (Wildman–Crippen LogP) is 3.11. The number of hydrazine groups is 1. The van der Waals surface area contributed by atoms with Crippen LogP contribution in [-0.4, -0.2) is 17.9 Å². The lowest BCUT2D eigenvalue weighted by atomic mass is 10.2. The van der Waals surface area contributed by atoms with Crippen molar-refractivity contribution in [1.82, 2.24) is 10.9 Å². The number of hydrogen-bond donors (Lipinski definition) is 2. The average molecular weight is 363 g/mol. The fraction of sp³-hybridized carbons (Fsp3) is 0.111. The lowest BCUT2D eigenvalue weighted by Crippen LogP contribution is -2.46. The molecule has 2 N–H and O–H groups in total. The minimum absolute atomic E-state index is 0.342. The normalized spacial score (nSPS) is 11.8. The molecule has 2 aromatic carbocycles. The smallest absolute Gasteiger partial charge is 0.279 e. The van der Waals surface area contributed by atoms with Gasteiger partial charge in [0.2, 0.25) is 0 Å². The largest absolute Gasteiger partial charge is 0.481 e. The van der Waals surface area contributed by atoms with E-state index in [-0.39, 0.29) is 0 Å². The van der Waals surface area contributed by atoms with Gasteiger partial charge in [0.05, 0.1) is 0 Å². The van der Waals surface area contributed by atoms with E-state index < -0.39 is 23.7 Å². The summed E-state index contributed by atoms with van der Waals surface area (Å²) in [4.78, 5) is 23.6. The van der Waals surface area contributed by atoms with Gasteiger partial charge in [-0.1, -0.05) is 29.8 Å². The van der Waals surface area contributed by atoms with Crippen LogP contribution >= 0.6 is 11.6 Å². The van der Waals surface area contributed by atoms with E-state index in [4.69, 9.17) is 16.3 Å². The lowest BCUT2D eigenvalue weighted by molar-refractivity contribution is -0.131. The highest BCUT2D eigenvalue weighted by Crippen LogP contribution is 2.16. The number of halogens is 2. The molecule has 0 heterocycles. The van der Waals surface area contributed by atoms with Gasteiger partial charge in [0, 0.05) is 11.1 Å². The highest BCUT2D eigenvalue weighted by molar-refractivity contribution is 6.32. The second kappa shape index (κ2) is 8.84. The van der Waals surface area contributed by atoms with Gasteiger partial charge in [-0.2, -0.15) is 0 Å². The first-order valence-corrected chi connectivity index (χ1v) is 7.78. The first kappa shape index (κ1) is 18.5. The predicted molar refractivity (Wildman–Crippen MR) is 93.3 cm³/mol. The second-order valence-corrected chi connectivity index (χ2v) is 5.45. The van der Waals surface area contributed by atoms with Crippen molar-refractivity contribution >= 4 is 29.5 Å². The number of rotatable bonds is 5. The summed E-state index contributed by atoms with van der Waals surface area (Å²) in [5.74, 6) is -1.14. The first-order valence-electron chi connectivity index (χ1n) is 7.40. The number of benzene rings is 2. The molecule has 0 saturated heterocycles. The van der Waals surface area contributed by atoms with Gasteiger partial charge in [-0.15, -0.1) is 0 Å². The summed E-state index contributed by atoms with van der Waals surface area (Å²) in [5, 5.41) is 0.511. The zero-order valence-corrected chi connectivity index (χ0v) is 14.1. The summed E-state index contributed by atoms with van der Waals surface area (Å²) in [6.45, 7) is 1.50. The van der Waals surface area contributed by atoms with Gasteiger partial charge in [0.15, 0.2) is 6.10 Å². The van der Waals surface area contributed by atoms with Crippen molar-refractivity contribution in [3.05, 3.63) is 71.0 Å². The molecule has 1 atom stereocenters. The monoisotopic (exact) mass is 362 g/mol. The third-order valence-corrected chi connectivity index (χ3v) is 3.47. The molecule has 0 bridgehead atoms. The van der Waals surface area contributed by atoms with Crippen molar-refractivity contribution in [1.29, 1.82) is 0 Å². The summed E-state index contributed by atoms with van der Waals surface area (Å²) >= 11 is 5.97. The molecule has 2 aromatic rings. The summed E-state index contributed by atoms with van der Waals surface area (Å²) in [5.41, 5.74) is 5.16. The molecule has 0 aliphatic heterocycles. The summed E-state index contributed by atoms with van der Waals surface area (Å²) in [7, 11) is 0. The maximum Gasteiger partial charge on any atom is 0.279 e. The molecule has 2 rings (SSSR count). The van der Waals surface area contributed by atoms with E-state index in [1.165, 1.54) is 43.3 Å². The van der Waals surface area contributed by atoms with E-state index in [0.717, 1.165) is 0 Å². The highest BCUT2D eigenvalue weighted by Gasteiger charge is 2.14. The first-order chi connectivity index (χ1) is 12.0. The topological polar surface area (TPSA) is 67.4 Å². The van der Waals surface area contributed by atoms with Crippen LogP contribution in [0.3, 0.4) is 0 Å². The Balaban J connectivity index is 1.81. The molecular weight excluding hydrogens is 347 g/mol. The molecule has 0 spiro atoms. The Bertz CT molecular complexity index is 778. The van der Waals surface area contributed by atoms with Crippen molar-refractivity contribution in [2.24, 2.45) is 0 Å². The number of carbonyl (C=O) groups is 2. The van der Waals surface area contributed by atoms with Crippen molar-refractivity contribution < 1.29 is 18.7 Å². The van der Waals surface area contributed by atoms with Crippen molar-refractivity contribution in [3.63, 3.8) is 0 Å². The van der Waals surface area contributed by atoms with E-state index in [1.54, 1.807) is 24.3 Å². The van der Waals surface area contributed by atoms with Crippen LogP contribution in [0.15, 0.2) is 54.6 Å². The zero-order valence-electron chi connectivity index (χ0n) is 13.3. The average Bonchev–Trinajstić information content (AvgIpc) is 2.60. The zero-order chi connectivity index (χ0) is 18.2. The van der Waals surface area contributed by atoms with Gasteiger partial charge in [-0.25, -0.2) is 4.39 Å². The molecule has 0 aromatic heterocycles. The van der Waals surface area contributed by atoms with Crippen molar-refractivity contribution in [3.8, 4) is 5.75 Å². The summed E-state index contributed by atoms with van der Waals surface area (Å²) in [6.07, 6.45) is 1.90. The molecule has 0 saturated carbocycles. The van der Waals surface area contributed by atoms with Gasteiger partial charge in [-0.3, -0.25) is 20.4 Å². The van der Waals surface area contributed by atoms with Crippen molar-refractivity contribution in [2.45, 2.75) is 13.0 Å². The van der Waals surface area contributed by atoms with E-state index >= 15 is 0 Å². The maximum absolute atomic E-state index is 12.8. The number of amides is 2. The van der Waals surface area contributed by atoms with Gasteiger partial charge < -0.3 is 4.74 Å². The van der Waals surface area contributed by atoms with E-state index in [2.05, 4.69) is 10.9 Å². The standard InChI is InChI=1S/C18H16ClFN2O3/c1-12(25-15-9-7-14(20)8-10-15)18(24)22-21-17(23)11-6-13-4-2-3-5-16(13)19/h2-12H,1H3,(H,21,23)(H,22,24)/b11-6+. The quantitative estimate of drug-likeness (QED) is 0.634. The molecule has 0 radical (unpaired) electrons. The Morgan fingerprint density at radius 1 is 1.12 bits per heavy atom. The Labute approximate surface area is 149 Å². The molecule has 130 valence electrons. The van der Waals surface area contributed by atoms with Gasteiger partial charge in [0.1, 0.15) is 11.6 Å². The van der Waals surface area contributed by atoms with Crippen LogP contribution in [0.5, 0.6) is 5.75 Å². The molecule has 5 nitrogen and oxygen atoms in total. The van der Waals surface area contributed by atoms with Crippen molar-refractivity contribution in [2.75, 3.05) is 0 Å². The van der Waals surface area contributed by atoms with E-state index in [9.17, 15) is 14.0 Å². The van der Waals surface area contributed by atoms with Crippen LogP contribution in [0.25, 0.3) is 6.08 Å². The van der Waals surface area contributed by atoms with Crippen LogP contribution in [0, 0.1) is 5.82 Å². The van der Waals surface area contributed by atoms with Crippen LogP contribution in [-0.2, 0) is 9.59 Å². The lowest BCUT2D eigenvalue weighted by Gasteiger charge is -2.14. The molecule has 7 heteroatoms. The summed E-state index contributed by atoms with van der Waals surface area (Å²) < 4.78 is 18.2. The SMILES string of the molecule is CC(Oc1ccc(F)cc1)C(=O)NNC(=O)/C=C/c1ccccc1Cl. The van der Waals surface area contributed by atoms with Crippen LogP contribution in [0.4, 0.5) is 4.39 Å². The van der Waals surface area contributed by atoms with Crippen LogP contribution in [0.1, 0.15) is 12.5 Å². The third-order valence-electron chi connectivity index (χ3n) is 3.12. The Kier molecular flexibility index (Phi) is 6.54. The number of carbonyl (C=O) groups excluding carboxylic acids is 2. The van der Waals surface area contributed by atoms with E-state index in [0.29, 0.717) is 16.3 Å². The van der Waals surface area contributed by atoms with Gasteiger partial charge in [-0.05, 0) is 48.9 Å². The van der Waals surface area contributed by atoms with Gasteiger partial charge >= 0.3 is 0 Å². The van der Waals surface area contributed by atoms with Crippen LogP contribution < -0.4 is 15.6 Å². The number of hydrogen-bond acceptors (Lipinski definition) is 3. The Morgan fingerprint density at radius 2 is 1.80 bits per heavy atom. The summed E-state index contributed by atoms with van der Waals surface area (Å²) in [6, 6.07) is 12.3. The Hall–Kier alpha value is -2.86. The fourth-order valence-electron chi connectivity index (χ4n) is 1.81. The number of ether oxygens (including phenoxy) is 1. The molecule has 0 aliphatic rings. The molecule has 2 amide bonds. The fourth-order valence-corrected chi connectivity index (χ4v) is 2.01. The molecule has 1 unspecified atom stereocenters. The van der Waals surface area contributed by atoms with Crippen LogP contribution in [0.2, 0.25) is 5.02 Å². The second-order valence-electron chi connectivity index (χ2n) is 5.05. The molecule has 0 fully saturated rings. The maximum atomic E-state index is 12.8. The third kappa shape index (κ3) is 5.93. The number of nitrogens with one attached hydrogen (secondary N) is 2. The van der Waals surface area contributed by atoms with E-state index in [1.807, 2.05) is 0 Å². The molecular formula is C18H16ClFN2O3. The highest BCUT2D eigenvalue weighted by atomic mass is 35.5. The molecule has 0 aliphatic carbocycles.